The molecule has 3 N–H and O–H groups in total. The van der Waals surface area contributed by atoms with Crippen LogP contribution in [0.1, 0.15) is 17.0 Å². The number of carbonyl (C=O) groups is 2. The SMILES string of the molecule is O=C1Nc2ccccc2C1C1(O)C(=O)Nc2ccc(Cl)cc21. The molecular formula is C16H11ClN2O3. The fraction of sp³-hybridized carbons (Fsp3) is 0.125. The molecule has 0 radical (unpaired) electrons. The minimum absolute atomic E-state index is 0.321. The standard InChI is InChI=1S/C16H11ClN2O3/c17-8-5-6-12-10(7-8)16(22,15(21)19-12)13-9-3-1-2-4-11(9)18-14(13)20/h1-7,13,22H,(H,18,20)(H,19,21). The Labute approximate surface area is 130 Å². The molecule has 0 aromatic heterocycles. The number of hydrogen-bond acceptors (Lipinski definition) is 3. The highest BCUT2D eigenvalue weighted by Gasteiger charge is 2.57. The largest absolute Gasteiger partial charge is 0.374 e. The van der Waals surface area contributed by atoms with Crippen LogP contribution in [0.2, 0.25) is 5.02 Å². The van der Waals surface area contributed by atoms with Gasteiger partial charge in [-0.25, -0.2) is 0 Å². The number of hydrogen-bond donors (Lipinski definition) is 3. The highest BCUT2D eigenvalue weighted by molar-refractivity contribution is 6.31. The summed E-state index contributed by atoms with van der Waals surface area (Å²) in [4.78, 5) is 24.8. The zero-order valence-electron chi connectivity index (χ0n) is 11.3. The fourth-order valence-electron chi connectivity index (χ4n) is 3.19. The van der Waals surface area contributed by atoms with Gasteiger partial charge in [-0.3, -0.25) is 9.59 Å². The number of carbonyl (C=O) groups excluding carboxylic acids is 2. The molecule has 2 unspecified atom stereocenters. The van der Waals surface area contributed by atoms with Gasteiger partial charge in [0, 0.05) is 22.0 Å². The highest BCUT2D eigenvalue weighted by Crippen LogP contribution is 2.50. The second-order valence-corrected chi connectivity index (χ2v) is 5.86. The van der Waals surface area contributed by atoms with Gasteiger partial charge in [-0.2, -0.15) is 0 Å². The third kappa shape index (κ3) is 1.58. The summed E-state index contributed by atoms with van der Waals surface area (Å²) >= 11 is 5.99. The van der Waals surface area contributed by atoms with Crippen molar-refractivity contribution in [2.24, 2.45) is 0 Å². The van der Waals surface area contributed by atoms with Crippen LogP contribution in [0.5, 0.6) is 0 Å². The predicted octanol–water partition coefficient (Wildman–Crippen LogP) is 2.22. The van der Waals surface area contributed by atoms with Crippen LogP contribution in [-0.4, -0.2) is 16.9 Å². The van der Waals surface area contributed by atoms with Crippen molar-refractivity contribution in [1.82, 2.24) is 0 Å². The molecule has 2 aliphatic rings. The maximum Gasteiger partial charge on any atom is 0.262 e. The Morgan fingerprint density at radius 1 is 1.05 bits per heavy atom. The summed E-state index contributed by atoms with van der Waals surface area (Å²) in [7, 11) is 0. The maximum atomic E-state index is 12.4. The number of nitrogens with one attached hydrogen (secondary N) is 2. The number of anilines is 2. The topological polar surface area (TPSA) is 78.4 Å². The van der Waals surface area contributed by atoms with E-state index < -0.39 is 23.3 Å². The van der Waals surface area contributed by atoms with Crippen LogP contribution in [0.15, 0.2) is 42.5 Å². The summed E-state index contributed by atoms with van der Waals surface area (Å²) in [5.74, 6) is -2.04. The molecule has 2 aromatic rings. The Hall–Kier alpha value is -2.37. The van der Waals surface area contributed by atoms with Gasteiger partial charge in [0.05, 0.1) is 0 Å². The summed E-state index contributed by atoms with van der Waals surface area (Å²) in [6, 6.07) is 11.8. The third-order valence-electron chi connectivity index (χ3n) is 4.20. The van der Waals surface area contributed by atoms with E-state index in [0.717, 1.165) is 0 Å². The van der Waals surface area contributed by atoms with E-state index in [9.17, 15) is 14.7 Å². The van der Waals surface area contributed by atoms with Crippen LogP contribution >= 0.6 is 11.6 Å². The fourth-order valence-corrected chi connectivity index (χ4v) is 3.36. The molecule has 0 aliphatic carbocycles. The van der Waals surface area contributed by atoms with Crippen molar-refractivity contribution >= 4 is 34.8 Å². The molecule has 2 aromatic carbocycles. The number of rotatable bonds is 1. The van der Waals surface area contributed by atoms with Gasteiger partial charge < -0.3 is 15.7 Å². The lowest BCUT2D eigenvalue weighted by molar-refractivity contribution is -0.141. The third-order valence-corrected chi connectivity index (χ3v) is 4.43. The number of benzene rings is 2. The molecule has 6 heteroatoms. The van der Waals surface area contributed by atoms with E-state index in [0.29, 0.717) is 27.5 Å². The first-order chi connectivity index (χ1) is 10.5. The molecule has 0 spiro atoms. The lowest BCUT2D eigenvalue weighted by Crippen LogP contribution is -2.43. The van der Waals surface area contributed by atoms with E-state index in [1.807, 2.05) is 0 Å². The first-order valence-electron chi connectivity index (χ1n) is 6.75. The normalized spacial score (nSPS) is 25.5. The van der Waals surface area contributed by atoms with E-state index in [2.05, 4.69) is 10.6 Å². The molecule has 2 heterocycles. The van der Waals surface area contributed by atoms with E-state index >= 15 is 0 Å². The van der Waals surface area contributed by atoms with Crippen LogP contribution in [0.25, 0.3) is 0 Å². The van der Waals surface area contributed by atoms with Crippen LogP contribution in [0.4, 0.5) is 11.4 Å². The Morgan fingerprint density at radius 2 is 1.82 bits per heavy atom. The van der Waals surface area contributed by atoms with Crippen molar-refractivity contribution in [3.8, 4) is 0 Å². The molecule has 110 valence electrons. The van der Waals surface area contributed by atoms with E-state index in [1.165, 1.54) is 6.07 Å². The van der Waals surface area contributed by atoms with E-state index in [1.54, 1.807) is 36.4 Å². The molecule has 5 nitrogen and oxygen atoms in total. The monoisotopic (exact) mass is 314 g/mol. The zero-order chi connectivity index (χ0) is 15.5. The van der Waals surface area contributed by atoms with Crippen molar-refractivity contribution in [3.05, 3.63) is 58.6 Å². The van der Waals surface area contributed by atoms with Crippen LogP contribution in [-0.2, 0) is 15.2 Å². The average Bonchev–Trinajstić information content (AvgIpc) is 2.95. The van der Waals surface area contributed by atoms with Gasteiger partial charge in [0.1, 0.15) is 5.92 Å². The van der Waals surface area contributed by atoms with Crippen molar-refractivity contribution in [2.45, 2.75) is 11.5 Å². The van der Waals surface area contributed by atoms with Crippen LogP contribution in [0.3, 0.4) is 0 Å². The first kappa shape index (κ1) is 13.3. The zero-order valence-corrected chi connectivity index (χ0v) is 12.0. The van der Waals surface area contributed by atoms with Gasteiger partial charge in [-0.1, -0.05) is 29.8 Å². The van der Waals surface area contributed by atoms with Gasteiger partial charge >= 0.3 is 0 Å². The van der Waals surface area contributed by atoms with Crippen molar-refractivity contribution in [2.75, 3.05) is 10.6 Å². The molecule has 2 atom stereocenters. The number of aliphatic hydroxyl groups is 1. The summed E-state index contributed by atoms with van der Waals surface area (Å²) in [6.07, 6.45) is 0. The van der Waals surface area contributed by atoms with Gasteiger partial charge in [0.15, 0.2) is 5.60 Å². The molecule has 0 bridgehead atoms. The molecule has 2 aliphatic heterocycles. The number of fused-ring (bicyclic) bond motifs is 2. The second kappa shape index (κ2) is 4.32. The Bertz CT molecular complexity index is 836. The summed E-state index contributed by atoms with van der Waals surface area (Å²) < 4.78 is 0. The van der Waals surface area contributed by atoms with Gasteiger partial charge in [0.2, 0.25) is 5.91 Å². The minimum Gasteiger partial charge on any atom is -0.374 e. The smallest absolute Gasteiger partial charge is 0.262 e. The lowest BCUT2D eigenvalue weighted by Gasteiger charge is -2.26. The molecule has 0 fully saturated rings. The number of halogens is 1. The Morgan fingerprint density at radius 3 is 2.64 bits per heavy atom. The summed E-state index contributed by atoms with van der Waals surface area (Å²) in [5, 5.41) is 16.8. The number of amides is 2. The molecule has 22 heavy (non-hydrogen) atoms. The highest BCUT2D eigenvalue weighted by atomic mass is 35.5. The van der Waals surface area contributed by atoms with Gasteiger partial charge in [0.25, 0.3) is 5.91 Å². The average molecular weight is 315 g/mol. The quantitative estimate of drug-likeness (QED) is 0.755. The Kier molecular flexibility index (Phi) is 2.61. The van der Waals surface area contributed by atoms with Crippen LogP contribution in [0, 0.1) is 0 Å². The number of para-hydroxylation sites is 1. The first-order valence-corrected chi connectivity index (χ1v) is 7.13. The van der Waals surface area contributed by atoms with E-state index in [-0.39, 0.29) is 0 Å². The molecule has 4 rings (SSSR count). The van der Waals surface area contributed by atoms with Gasteiger partial charge in [-0.05, 0) is 29.8 Å². The molecule has 0 saturated heterocycles. The van der Waals surface area contributed by atoms with Crippen LogP contribution < -0.4 is 10.6 Å². The summed E-state index contributed by atoms with van der Waals surface area (Å²) in [5.41, 5.74) is 0.0137. The molecule has 0 saturated carbocycles. The van der Waals surface area contributed by atoms with Crippen molar-refractivity contribution in [3.63, 3.8) is 0 Å². The molecule has 2 amide bonds. The molecular weight excluding hydrogens is 304 g/mol. The minimum atomic E-state index is -1.98. The summed E-state index contributed by atoms with van der Waals surface area (Å²) in [6.45, 7) is 0. The Balaban J connectivity index is 1.95. The van der Waals surface area contributed by atoms with Gasteiger partial charge in [-0.15, -0.1) is 0 Å². The second-order valence-electron chi connectivity index (χ2n) is 5.42. The van der Waals surface area contributed by atoms with E-state index in [4.69, 9.17) is 11.6 Å². The van der Waals surface area contributed by atoms with Crippen molar-refractivity contribution < 1.29 is 14.7 Å². The lowest BCUT2D eigenvalue weighted by atomic mass is 9.78. The predicted molar refractivity (Wildman–Crippen MR) is 81.8 cm³/mol. The maximum absolute atomic E-state index is 12.4. The van der Waals surface area contributed by atoms with Crippen molar-refractivity contribution in [1.29, 1.82) is 0 Å².